The molecule has 0 saturated heterocycles. The van der Waals surface area contributed by atoms with Crippen LogP contribution in [-0.4, -0.2) is 51.4 Å². The van der Waals surface area contributed by atoms with Crippen LogP contribution in [0, 0.1) is 0 Å². The Morgan fingerprint density at radius 3 is 2.31 bits per heavy atom. The Kier molecular flexibility index (Phi) is 9.94. The second-order valence-electron chi connectivity index (χ2n) is 9.46. The van der Waals surface area contributed by atoms with Gasteiger partial charge in [-0.25, -0.2) is 4.98 Å². The molecule has 0 aliphatic heterocycles. The summed E-state index contributed by atoms with van der Waals surface area (Å²) in [6.45, 7) is 9.62. The fraction of sp³-hybridized carbons (Fsp3) is 0.323. The van der Waals surface area contributed by atoms with Crippen molar-refractivity contribution in [3.05, 3.63) is 110 Å². The number of halogens is 2. The summed E-state index contributed by atoms with van der Waals surface area (Å²) >= 11 is 9.77. The van der Waals surface area contributed by atoms with Gasteiger partial charge in [-0.3, -0.25) is 14.2 Å². The van der Waals surface area contributed by atoms with Crippen molar-refractivity contribution in [2.24, 2.45) is 0 Å². The zero-order chi connectivity index (χ0) is 27.9. The molecule has 4 aromatic rings. The van der Waals surface area contributed by atoms with E-state index >= 15 is 0 Å². The van der Waals surface area contributed by atoms with Crippen LogP contribution in [0.5, 0.6) is 0 Å². The SMILES string of the molecule is CCC(c1nc2cc(Cl)ccc2c(=O)n1Cc1ccccc1)N(CCN(CC)CC)C(=O)c1ccc(Br)cc1. The molecule has 4 rings (SSSR count). The van der Waals surface area contributed by atoms with Crippen LogP contribution in [0.15, 0.2) is 82.1 Å². The van der Waals surface area contributed by atoms with Crippen molar-refractivity contribution < 1.29 is 4.79 Å². The lowest BCUT2D eigenvalue weighted by Gasteiger charge is -2.34. The maximum absolute atomic E-state index is 14.0. The molecule has 1 heterocycles. The van der Waals surface area contributed by atoms with Crippen molar-refractivity contribution in [2.45, 2.75) is 39.8 Å². The molecule has 0 fully saturated rings. The van der Waals surface area contributed by atoms with E-state index < -0.39 is 6.04 Å². The van der Waals surface area contributed by atoms with Crippen LogP contribution in [0.3, 0.4) is 0 Å². The molecule has 6 nitrogen and oxygen atoms in total. The number of rotatable bonds is 11. The van der Waals surface area contributed by atoms with Gasteiger partial charge in [0.05, 0.1) is 23.5 Å². The van der Waals surface area contributed by atoms with E-state index in [2.05, 4.69) is 34.7 Å². The number of amides is 1. The predicted octanol–water partition coefficient (Wildman–Crippen LogP) is 6.80. The van der Waals surface area contributed by atoms with Crippen LogP contribution < -0.4 is 5.56 Å². The molecule has 0 aliphatic carbocycles. The summed E-state index contributed by atoms with van der Waals surface area (Å²) < 4.78 is 2.63. The molecule has 8 heteroatoms. The van der Waals surface area contributed by atoms with Gasteiger partial charge in [0.25, 0.3) is 11.5 Å². The van der Waals surface area contributed by atoms with Gasteiger partial charge in [0.15, 0.2) is 0 Å². The smallest absolute Gasteiger partial charge is 0.261 e. The van der Waals surface area contributed by atoms with Crippen LogP contribution in [-0.2, 0) is 6.54 Å². The summed E-state index contributed by atoms with van der Waals surface area (Å²) in [5, 5.41) is 1.02. The zero-order valence-electron chi connectivity index (χ0n) is 22.6. The summed E-state index contributed by atoms with van der Waals surface area (Å²) in [5.41, 5.74) is 1.97. The normalized spacial score (nSPS) is 12.2. The third-order valence-corrected chi connectivity index (χ3v) is 7.86. The average Bonchev–Trinajstić information content (AvgIpc) is 2.95. The summed E-state index contributed by atoms with van der Waals surface area (Å²) in [6.07, 6.45) is 0.591. The number of likely N-dealkylation sites (N-methyl/N-ethyl adjacent to an activating group) is 1. The van der Waals surface area contributed by atoms with Crippen molar-refractivity contribution in [1.82, 2.24) is 19.4 Å². The highest BCUT2D eigenvalue weighted by molar-refractivity contribution is 9.10. The Morgan fingerprint density at radius 1 is 0.974 bits per heavy atom. The molecule has 3 aromatic carbocycles. The van der Waals surface area contributed by atoms with Gasteiger partial charge in [-0.2, -0.15) is 0 Å². The molecule has 1 amide bonds. The summed E-state index contributed by atoms with van der Waals surface area (Å²) in [7, 11) is 0. The quantitative estimate of drug-likeness (QED) is 0.188. The van der Waals surface area contributed by atoms with E-state index in [4.69, 9.17) is 16.6 Å². The van der Waals surface area contributed by atoms with Gasteiger partial charge >= 0.3 is 0 Å². The second-order valence-corrected chi connectivity index (χ2v) is 10.8. The molecule has 0 saturated carbocycles. The molecular weight excluding hydrogens is 576 g/mol. The first-order chi connectivity index (χ1) is 18.9. The summed E-state index contributed by atoms with van der Waals surface area (Å²) in [6, 6.07) is 22.0. The van der Waals surface area contributed by atoms with E-state index in [1.807, 2.05) is 66.4 Å². The van der Waals surface area contributed by atoms with Gasteiger partial charge in [0.2, 0.25) is 0 Å². The highest BCUT2D eigenvalue weighted by atomic mass is 79.9. The van der Waals surface area contributed by atoms with Crippen molar-refractivity contribution in [2.75, 3.05) is 26.2 Å². The van der Waals surface area contributed by atoms with Crippen molar-refractivity contribution >= 4 is 44.3 Å². The summed E-state index contributed by atoms with van der Waals surface area (Å²) in [5.74, 6) is 0.472. The van der Waals surface area contributed by atoms with E-state index in [0.717, 1.165) is 23.1 Å². The summed E-state index contributed by atoms with van der Waals surface area (Å²) in [4.78, 5) is 37.1. The van der Waals surface area contributed by atoms with E-state index in [-0.39, 0.29) is 11.5 Å². The van der Waals surface area contributed by atoms with Gasteiger partial charge in [-0.1, -0.05) is 78.6 Å². The minimum atomic E-state index is -0.420. The number of fused-ring (bicyclic) bond motifs is 1. The van der Waals surface area contributed by atoms with Gasteiger partial charge in [-0.15, -0.1) is 0 Å². The molecular formula is C31H34BrClN4O2. The van der Waals surface area contributed by atoms with Crippen molar-refractivity contribution in [3.63, 3.8) is 0 Å². The molecule has 0 N–H and O–H groups in total. The Labute approximate surface area is 243 Å². The van der Waals surface area contributed by atoms with Crippen LogP contribution in [0.1, 0.15) is 55.0 Å². The predicted molar refractivity (Wildman–Crippen MR) is 163 cm³/mol. The van der Waals surface area contributed by atoms with Gasteiger partial charge in [0.1, 0.15) is 5.82 Å². The molecule has 1 atom stereocenters. The Hall–Kier alpha value is -3.00. The maximum Gasteiger partial charge on any atom is 0.261 e. The molecule has 1 unspecified atom stereocenters. The van der Waals surface area contributed by atoms with Gasteiger partial charge in [0, 0.05) is 28.1 Å². The number of carbonyl (C=O) groups is 1. The Balaban J connectivity index is 1.88. The molecule has 0 radical (unpaired) electrons. The van der Waals surface area contributed by atoms with Crippen molar-refractivity contribution in [1.29, 1.82) is 0 Å². The number of benzene rings is 3. The van der Waals surface area contributed by atoms with Crippen LogP contribution >= 0.6 is 27.5 Å². The van der Waals surface area contributed by atoms with Crippen LogP contribution in [0.4, 0.5) is 0 Å². The highest BCUT2D eigenvalue weighted by Gasteiger charge is 2.29. The van der Waals surface area contributed by atoms with E-state index in [1.54, 1.807) is 22.8 Å². The fourth-order valence-corrected chi connectivity index (χ4v) is 5.30. The highest BCUT2D eigenvalue weighted by Crippen LogP contribution is 2.27. The number of hydrogen-bond donors (Lipinski definition) is 0. The standard InChI is InChI=1S/C31H34BrClN4O2/c1-4-28(36(19-18-35(5-2)6-3)30(38)23-12-14-24(32)15-13-23)29-34-27-20-25(33)16-17-26(27)31(39)37(29)21-22-10-8-7-9-11-22/h7-17,20,28H,4-6,18-19,21H2,1-3H3. The minimum absolute atomic E-state index is 0.0896. The second kappa shape index (κ2) is 13.4. The van der Waals surface area contributed by atoms with Gasteiger partial charge < -0.3 is 9.80 Å². The van der Waals surface area contributed by atoms with Crippen LogP contribution in [0.2, 0.25) is 5.02 Å². The lowest BCUT2D eigenvalue weighted by Crippen LogP contribution is -2.43. The van der Waals surface area contributed by atoms with Crippen molar-refractivity contribution in [3.8, 4) is 0 Å². The molecule has 39 heavy (non-hydrogen) atoms. The third kappa shape index (κ3) is 6.78. The van der Waals surface area contributed by atoms with E-state index in [0.29, 0.717) is 53.4 Å². The number of aromatic nitrogens is 2. The lowest BCUT2D eigenvalue weighted by molar-refractivity contribution is 0.0631. The third-order valence-electron chi connectivity index (χ3n) is 7.09. The lowest BCUT2D eigenvalue weighted by atomic mass is 10.1. The molecule has 204 valence electrons. The Bertz CT molecular complexity index is 1470. The maximum atomic E-state index is 14.0. The molecule has 0 spiro atoms. The van der Waals surface area contributed by atoms with E-state index in [9.17, 15) is 9.59 Å². The molecule has 0 aliphatic rings. The van der Waals surface area contributed by atoms with Gasteiger partial charge in [-0.05, 0) is 67.5 Å². The average molecular weight is 610 g/mol. The van der Waals surface area contributed by atoms with E-state index in [1.165, 1.54) is 0 Å². The first-order valence-corrected chi connectivity index (χ1v) is 14.6. The topological polar surface area (TPSA) is 58.4 Å². The largest absolute Gasteiger partial charge is 0.327 e. The first-order valence-electron chi connectivity index (χ1n) is 13.4. The minimum Gasteiger partial charge on any atom is -0.327 e. The number of carbonyl (C=O) groups excluding carboxylic acids is 1. The fourth-order valence-electron chi connectivity index (χ4n) is 4.87. The zero-order valence-corrected chi connectivity index (χ0v) is 25.0. The molecule has 0 bridgehead atoms. The number of hydrogen-bond acceptors (Lipinski definition) is 4. The first kappa shape index (κ1) is 29.0. The monoisotopic (exact) mass is 608 g/mol. The van der Waals surface area contributed by atoms with Crippen LogP contribution in [0.25, 0.3) is 10.9 Å². The molecule has 1 aromatic heterocycles. The number of nitrogens with zero attached hydrogens (tertiary/aromatic N) is 4. The Morgan fingerprint density at radius 2 is 1.67 bits per heavy atom.